The van der Waals surface area contributed by atoms with Gasteiger partial charge in [-0.05, 0) is 17.7 Å². The minimum Gasteiger partial charge on any atom is -0.454 e. The summed E-state index contributed by atoms with van der Waals surface area (Å²) in [5, 5.41) is 5.91. The second-order valence-corrected chi connectivity index (χ2v) is 5.66. The van der Waals surface area contributed by atoms with Crippen LogP contribution in [0.5, 0.6) is 11.5 Å². The number of anilines is 2. The van der Waals surface area contributed by atoms with Gasteiger partial charge in [0.05, 0.1) is 5.56 Å². The maximum atomic E-state index is 12.3. The topological polar surface area (TPSA) is 85.4 Å². The van der Waals surface area contributed by atoms with E-state index in [0.717, 1.165) is 5.56 Å². The Balaban J connectivity index is 1.37. The highest BCUT2D eigenvalue weighted by Crippen LogP contribution is 2.34. The Morgan fingerprint density at radius 2 is 1.77 bits per heavy atom. The third kappa shape index (κ3) is 3.56. The van der Waals surface area contributed by atoms with Crippen molar-refractivity contribution in [1.29, 1.82) is 0 Å². The predicted molar refractivity (Wildman–Crippen MR) is 96.3 cm³/mol. The normalized spacial score (nSPS) is 11.8. The number of nitrogens with one attached hydrogen (secondary N) is 2. The largest absolute Gasteiger partial charge is 0.454 e. The van der Waals surface area contributed by atoms with Crippen molar-refractivity contribution >= 4 is 17.5 Å². The first-order valence-electron chi connectivity index (χ1n) is 8.09. The van der Waals surface area contributed by atoms with Crippen LogP contribution in [0.1, 0.15) is 15.9 Å². The van der Waals surface area contributed by atoms with Crippen LogP contribution in [-0.4, -0.2) is 22.7 Å². The van der Waals surface area contributed by atoms with Gasteiger partial charge in [0.1, 0.15) is 0 Å². The monoisotopic (exact) mass is 348 g/mol. The average Bonchev–Trinajstić information content (AvgIpc) is 3.15. The standard InChI is InChI=1S/C19H16N4O3/c24-18(23-15-6-7-16-17(8-15)26-12-25-16)14-10-21-19(22-11-14)20-9-13-4-2-1-3-5-13/h1-8,10-11H,9,12H2,(H,23,24)(H,20,21,22). The number of nitrogens with zero attached hydrogens (tertiary/aromatic N) is 2. The van der Waals surface area contributed by atoms with E-state index in [-0.39, 0.29) is 12.7 Å². The van der Waals surface area contributed by atoms with Crippen molar-refractivity contribution in [1.82, 2.24) is 9.97 Å². The molecule has 7 heteroatoms. The lowest BCUT2D eigenvalue weighted by atomic mass is 10.2. The molecule has 26 heavy (non-hydrogen) atoms. The van der Waals surface area contributed by atoms with Gasteiger partial charge in [-0.2, -0.15) is 0 Å². The van der Waals surface area contributed by atoms with Gasteiger partial charge in [0.2, 0.25) is 12.7 Å². The number of carbonyl (C=O) groups excluding carboxylic acids is 1. The summed E-state index contributed by atoms with van der Waals surface area (Å²) in [7, 11) is 0. The Morgan fingerprint density at radius 1 is 1.00 bits per heavy atom. The molecule has 0 unspecified atom stereocenters. The number of ether oxygens (including phenoxy) is 2. The van der Waals surface area contributed by atoms with Crippen molar-refractivity contribution in [2.75, 3.05) is 17.4 Å². The molecule has 2 aromatic carbocycles. The van der Waals surface area contributed by atoms with Crippen molar-refractivity contribution in [2.45, 2.75) is 6.54 Å². The number of hydrogen-bond donors (Lipinski definition) is 2. The summed E-state index contributed by atoms with van der Waals surface area (Å²) in [6, 6.07) is 15.2. The van der Waals surface area contributed by atoms with E-state index < -0.39 is 0 Å². The molecule has 0 atom stereocenters. The Kier molecular flexibility index (Phi) is 4.34. The predicted octanol–water partition coefficient (Wildman–Crippen LogP) is 3.07. The van der Waals surface area contributed by atoms with E-state index in [4.69, 9.17) is 9.47 Å². The lowest BCUT2D eigenvalue weighted by Crippen LogP contribution is -2.13. The van der Waals surface area contributed by atoms with Crippen LogP contribution in [0.15, 0.2) is 60.9 Å². The van der Waals surface area contributed by atoms with Gasteiger partial charge < -0.3 is 20.1 Å². The zero-order valence-corrected chi connectivity index (χ0v) is 13.8. The minimum atomic E-state index is -0.293. The van der Waals surface area contributed by atoms with Crippen molar-refractivity contribution in [3.8, 4) is 11.5 Å². The van der Waals surface area contributed by atoms with E-state index in [1.165, 1.54) is 12.4 Å². The Hall–Kier alpha value is -3.61. The van der Waals surface area contributed by atoms with Gasteiger partial charge >= 0.3 is 0 Å². The molecular formula is C19H16N4O3. The molecule has 2 heterocycles. The maximum Gasteiger partial charge on any atom is 0.258 e. The molecule has 4 rings (SSSR count). The molecule has 3 aromatic rings. The highest BCUT2D eigenvalue weighted by atomic mass is 16.7. The van der Waals surface area contributed by atoms with Crippen LogP contribution in [0.4, 0.5) is 11.6 Å². The zero-order chi connectivity index (χ0) is 17.8. The number of hydrogen-bond acceptors (Lipinski definition) is 6. The molecule has 0 saturated carbocycles. The number of aromatic nitrogens is 2. The first kappa shape index (κ1) is 15.9. The smallest absolute Gasteiger partial charge is 0.258 e. The molecule has 0 fully saturated rings. The molecule has 1 aromatic heterocycles. The van der Waals surface area contributed by atoms with Gasteiger partial charge in [-0.25, -0.2) is 9.97 Å². The molecule has 1 amide bonds. The van der Waals surface area contributed by atoms with Crippen LogP contribution in [-0.2, 0) is 6.54 Å². The Bertz CT molecular complexity index is 914. The first-order valence-corrected chi connectivity index (χ1v) is 8.09. The van der Waals surface area contributed by atoms with Gasteiger partial charge in [0, 0.05) is 30.7 Å². The van der Waals surface area contributed by atoms with E-state index in [0.29, 0.717) is 35.2 Å². The fourth-order valence-electron chi connectivity index (χ4n) is 2.49. The first-order chi connectivity index (χ1) is 12.8. The minimum absolute atomic E-state index is 0.192. The summed E-state index contributed by atoms with van der Waals surface area (Å²) in [5.41, 5.74) is 2.11. The highest BCUT2D eigenvalue weighted by Gasteiger charge is 2.15. The molecule has 0 spiro atoms. The van der Waals surface area contributed by atoms with Crippen LogP contribution in [0.2, 0.25) is 0 Å². The van der Waals surface area contributed by atoms with Crippen LogP contribution >= 0.6 is 0 Å². The Labute approximate surface area is 150 Å². The molecular weight excluding hydrogens is 332 g/mol. The molecule has 0 aliphatic carbocycles. The third-order valence-corrected chi connectivity index (χ3v) is 3.84. The third-order valence-electron chi connectivity index (χ3n) is 3.84. The summed E-state index contributed by atoms with van der Waals surface area (Å²) in [4.78, 5) is 20.7. The van der Waals surface area contributed by atoms with E-state index in [9.17, 15) is 4.79 Å². The Morgan fingerprint density at radius 3 is 2.58 bits per heavy atom. The van der Waals surface area contributed by atoms with Crippen molar-refractivity contribution in [2.24, 2.45) is 0 Å². The van der Waals surface area contributed by atoms with Crippen LogP contribution in [0.3, 0.4) is 0 Å². The number of rotatable bonds is 5. The van der Waals surface area contributed by atoms with Crippen LogP contribution in [0.25, 0.3) is 0 Å². The molecule has 7 nitrogen and oxygen atoms in total. The van der Waals surface area contributed by atoms with Gasteiger partial charge in [0.15, 0.2) is 11.5 Å². The fourth-order valence-corrected chi connectivity index (χ4v) is 2.49. The van der Waals surface area contributed by atoms with E-state index >= 15 is 0 Å². The average molecular weight is 348 g/mol. The number of benzene rings is 2. The summed E-state index contributed by atoms with van der Waals surface area (Å²) in [6.07, 6.45) is 2.98. The quantitative estimate of drug-likeness (QED) is 0.737. The van der Waals surface area contributed by atoms with E-state index in [1.54, 1.807) is 18.2 Å². The second-order valence-electron chi connectivity index (χ2n) is 5.66. The van der Waals surface area contributed by atoms with Crippen molar-refractivity contribution in [3.63, 3.8) is 0 Å². The molecule has 0 saturated heterocycles. The lowest BCUT2D eigenvalue weighted by Gasteiger charge is -2.07. The van der Waals surface area contributed by atoms with E-state index in [2.05, 4.69) is 20.6 Å². The molecule has 130 valence electrons. The second kappa shape index (κ2) is 7.10. The van der Waals surface area contributed by atoms with E-state index in [1.807, 2.05) is 30.3 Å². The van der Waals surface area contributed by atoms with Crippen LogP contribution < -0.4 is 20.1 Å². The molecule has 2 N–H and O–H groups in total. The molecule has 0 radical (unpaired) electrons. The van der Waals surface area contributed by atoms with Gasteiger partial charge in [-0.3, -0.25) is 4.79 Å². The zero-order valence-electron chi connectivity index (χ0n) is 13.8. The molecule has 1 aliphatic rings. The van der Waals surface area contributed by atoms with Crippen LogP contribution in [0, 0.1) is 0 Å². The maximum absolute atomic E-state index is 12.3. The van der Waals surface area contributed by atoms with Gasteiger partial charge in [-0.15, -0.1) is 0 Å². The summed E-state index contributed by atoms with van der Waals surface area (Å²) < 4.78 is 10.5. The summed E-state index contributed by atoms with van der Waals surface area (Å²) in [6.45, 7) is 0.807. The molecule has 1 aliphatic heterocycles. The number of amides is 1. The number of carbonyl (C=O) groups is 1. The highest BCUT2D eigenvalue weighted by molar-refractivity contribution is 6.04. The van der Waals surface area contributed by atoms with Gasteiger partial charge in [-0.1, -0.05) is 30.3 Å². The molecule has 0 bridgehead atoms. The van der Waals surface area contributed by atoms with Gasteiger partial charge in [0.25, 0.3) is 5.91 Å². The summed E-state index contributed by atoms with van der Waals surface area (Å²) in [5.74, 6) is 1.45. The fraction of sp³-hybridized carbons (Fsp3) is 0.105. The lowest BCUT2D eigenvalue weighted by molar-refractivity contribution is 0.102. The van der Waals surface area contributed by atoms with Crippen molar-refractivity contribution in [3.05, 3.63) is 72.1 Å². The summed E-state index contributed by atoms with van der Waals surface area (Å²) >= 11 is 0. The number of fused-ring (bicyclic) bond motifs is 1. The van der Waals surface area contributed by atoms with Crippen molar-refractivity contribution < 1.29 is 14.3 Å². The SMILES string of the molecule is O=C(Nc1ccc2c(c1)OCO2)c1cnc(NCc2ccccc2)nc1.